The van der Waals surface area contributed by atoms with Gasteiger partial charge in [0.2, 0.25) is 0 Å². The topological polar surface area (TPSA) is 14.2 Å². The molecular weight excluding hydrogens is 162 g/mol. The summed E-state index contributed by atoms with van der Waals surface area (Å²) in [7, 11) is 1.64. The van der Waals surface area contributed by atoms with E-state index in [1.54, 1.807) is 13.2 Å². The maximum Gasteiger partial charge on any atom is 0.127 e. The Hall–Kier alpha value is -1.44. The molecule has 0 aliphatic rings. The van der Waals surface area contributed by atoms with Crippen LogP contribution in [0.5, 0.6) is 0 Å². The predicted octanol–water partition coefficient (Wildman–Crippen LogP) is 0.859. The van der Waals surface area contributed by atoms with Gasteiger partial charge in [-0.25, -0.2) is 0 Å². The minimum atomic E-state index is 0.775. The highest BCUT2D eigenvalue weighted by molar-refractivity contribution is 5.48. The van der Waals surface area contributed by atoms with E-state index in [0.717, 1.165) is 22.9 Å². The van der Waals surface area contributed by atoms with Crippen molar-refractivity contribution in [3.8, 4) is 0 Å². The first-order valence-corrected chi connectivity index (χ1v) is 4.29. The zero-order chi connectivity index (χ0) is 9.84. The van der Waals surface area contributed by atoms with Crippen molar-refractivity contribution in [2.75, 3.05) is 7.11 Å². The van der Waals surface area contributed by atoms with Crippen LogP contribution in [0.4, 0.5) is 0 Å². The fourth-order valence-corrected chi connectivity index (χ4v) is 1.33. The smallest absolute Gasteiger partial charge is 0.127 e. The highest BCUT2D eigenvalue weighted by atomic mass is 16.5. The first-order valence-electron chi connectivity index (χ1n) is 4.29. The molecule has 13 heavy (non-hydrogen) atoms. The van der Waals surface area contributed by atoms with Crippen molar-refractivity contribution in [1.29, 1.82) is 0 Å². The molecule has 0 bridgehead atoms. The SMILES string of the molecule is C=C/C(OC)=c1/ccn(CC)c1=C. The Bertz CT molecular complexity index is 400. The minimum Gasteiger partial charge on any atom is -0.496 e. The van der Waals surface area contributed by atoms with Crippen molar-refractivity contribution < 1.29 is 4.74 Å². The maximum atomic E-state index is 5.17. The van der Waals surface area contributed by atoms with E-state index >= 15 is 0 Å². The van der Waals surface area contributed by atoms with Gasteiger partial charge in [0.1, 0.15) is 5.76 Å². The molecule has 0 saturated carbocycles. The van der Waals surface area contributed by atoms with Gasteiger partial charge in [-0.1, -0.05) is 13.2 Å². The van der Waals surface area contributed by atoms with Crippen LogP contribution in [-0.2, 0) is 11.3 Å². The van der Waals surface area contributed by atoms with Gasteiger partial charge in [-0.3, -0.25) is 0 Å². The van der Waals surface area contributed by atoms with E-state index in [0.29, 0.717) is 0 Å². The first-order chi connectivity index (χ1) is 6.24. The molecule has 70 valence electrons. The number of aryl methyl sites for hydroxylation is 1. The molecule has 0 N–H and O–H groups in total. The van der Waals surface area contributed by atoms with Crippen molar-refractivity contribution in [2.24, 2.45) is 0 Å². The van der Waals surface area contributed by atoms with Crippen LogP contribution in [0.25, 0.3) is 12.3 Å². The Labute approximate surface area is 78.4 Å². The minimum absolute atomic E-state index is 0.775. The molecule has 0 unspecified atom stereocenters. The van der Waals surface area contributed by atoms with E-state index in [1.165, 1.54) is 0 Å². The molecule has 0 saturated heterocycles. The van der Waals surface area contributed by atoms with Crippen molar-refractivity contribution in [3.05, 3.63) is 35.5 Å². The van der Waals surface area contributed by atoms with Crippen LogP contribution in [0, 0.1) is 0 Å². The molecule has 0 radical (unpaired) electrons. The van der Waals surface area contributed by atoms with Crippen molar-refractivity contribution in [2.45, 2.75) is 13.5 Å². The molecule has 1 rings (SSSR count). The summed E-state index contributed by atoms with van der Waals surface area (Å²) in [6, 6.07) is 1.99. The molecule has 1 aromatic heterocycles. The van der Waals surface area contributed by atoms with Crippen LogP contribution >= 0.6 is 0 Å². The molecule has 0 atom stereocenters. The summed E-state index contributed by atoms with van der Waals surface area (Å²) in [5, 5.41) is 1.98. The average molecular weight is 177 g/mol. The molecule has 0 amide bonds. The number of methoxy groups -OCH3 is 1. The lowest BCUT2D eigenvalue weighted by Gasteiger charge is -1.98. The predicted molar refractivity (Wildman–Crippen MR) is 55.5 cm³/mol. The third-order valence-electron chi connectivity index (χ3n) is 2.09. The molecule has 1 heterocycles. The summed E-state index contributed by atoms with van der Waals surface area (Å²) in [5.74, 6) is 0.775. The van der Waals surface area contributed by atoms with Crippen molar-refractivity contribution >= 4 is 12.3 Å². The van der Waals surface area contributed by atoms with Gasteiger partial charge >= 0.3 is 0 Å². The van der Waals surface area contributed by atoms with Gasteiger partial charge in [0.05, 0.1) is 7.11 Å². The third kappa shape index (κ3) is 1.66. The van der Waals surface area contributed by atoms with Gasteiger partial charge in [0, 0.05) is 23.3 Å². The van der Waals surface area contributed by atoms with E-state index < -0.39 is 0 Å². The zero-order valence-electron chi connectivity index (χ0n) is 8.21. The largest absolute Gasteiger partial charge is 0.496 e. The second kappa shape index (κ2) is 3.99. The molecule has 0 fully saturated rings. The number of hydrogen-bond donors (Lipinski definition) is 0. The molecule has 0 aromatic carbocycles. The molecule has 0 aliphatic carbocycles. The van der Waals surface area contributed by atoms with Crippen LogP contribution in [-0.4, -0.2) is 11.7 Å². The van der Waals surface area contributed by atoms with Gasteiger partial charge in [0.15, 0.2) is 0 Å². The monoisotopic (exact) mass is 177 g/mol. The van der Waals surface area contributed by atoms with Crippen LogP contribution < -0.4 is 10.6 Å². The lowest BCUT2D eigenvalue weighted by molar-refractivity contribution is 0.370. The number of ether oxygens (including phenoxy) is 1. The summed E-state index contributed by atoms with van der Waals surface area (Å²) in [4.78, 5) is 0. The molecule has 2 heteroatoms. The fraction of sp³-hybridized carbons (Fsp3) is 0.273. The first kappa shape index (κ1) is 9.65. The van der Waals surface area contributed by atoms with E-state index in [-0.39, 0.29) is 0 Å². The number of aromatic nitrogens is 1. The molecule has 2 nitrogen and oxygen atoms in total. The van der Waals surface area contributed by atoms with Crippen LogP contribution in [0.3, 0.4) is 0 Å². The average Bonchev–Trinajstić information content (AvgIpc) is 2.50. The Kier molecular flexibility index (Phi) is 2.96. The second-order valence-corrected chi connectivity index (χ2v) is 2.73. The second-order valence-electron chi connectivity index (χ2n) is 2.73. The number of rotatable bonds is 3. The van der Waals surface area contributed by atoms with E-state index in [1.807, 2.05) is 12.3 Å². The zero-order valence-corrected chi connectivity index (χ0v) is 8.21. The Morgan fingerprint density at radius 1 is 1.69 bits per heavy atom. The normalized spacial score (nSPS) is 12.5. The Morgan fingerprint density at radius 3 is 2.77 bits per heavy atom. The van der Waals surface area contributed by atoms with Gasteiger partial charge < -0.3 is 9.30 Å². The van der Waals surface area contributed by atoms with Gasteiger partial charge in [-0.05, 0) is 19.1 Å². The van der Waals surface area contributed by atoms with E-state index in [2.05, 4.69) is 24.6 Å². The summed E-state index contributed by atoms with van der Waals surface area (Å²) in [6.45, 7) is 10.7. The quantitative estimate of drug-likeness (QED) is 0.668. The van der Waals surface area contributed by atoms with Crippen LogP contribution in [0.1, 0.15) is 6.92 Å². The summed E-state index contributed by atoms with van der Waals surface area (Å²) < 4.78 is 7.24. The Morgan fingerprint density at radius 2 is 2.38 bits per heavy atom. The Balaban J connectivity index is 3.46. The summed E-state index contributed by atoms with van der Waals surface area (Å²) in [6.07, 6.45) is 3.70. The molecule has 0 aliphatic heterocycles. The van der Waals surface area contributed by atoms with Gasteiger partial charge in [-0.2, -0.15) is 0 Å². The van der Waals surface area contributed by atoms with E-state index in [4.69, 9.17) is 4.74 Å². The lowest BCUT2D eigenvalue weighted by Crippen LogP contribution is -2.28. The fourth-order valence-electron chi connectivity index (χ4n) is 1.33. The summed E-state index contributed by atoms with van der Waals surface area (Å²) in [5.41, 5.74) is 0. The van der Waals surface area contributed by atoms with Gasteiger partial charge in [0.25, 0.3) is 0 Å². The van der Waals surface area contributed by atoms with Crippen LogP contribution in [0.15, 0.2) is 24.9 Å². The number of hydrogen-bond acceptors (Lipinski definition) is 1. The highest BCUT2D eigenvalue weighted by Gasteiger charge is 1.96. The highest BCUT2D eigenvalue weighted by Crippen LogP contribution is 1.92. The molecule has 1 aromatic rings. The van der Waals surface area contributed by atoms with Gasteiger partial charge in [-0.15, -0.1) is 0 Å². The molecule has 0 spiro atoms. The maximum absolute atomic E-state index is 5.17. The van der Waals surface area contributed by atoms with Crippen molar-refractivity contribution in [3.63, 3.8) is 0 Å². The lowest BCUT2D eigenvalue weighted by atomic mass is 10.3. The summed E-state index contributed by atoms with van der Waals surface area (Å²) >= 11 is 0. The standard InChI is InChI=1S/C11H15NO/c1-5-11(13-4)10-7-8-12(6-2)9(10)3/h5,7-8H,1,3,6H2,2,4H3/b11-10+. The molecular formula is C11H15NO. The van der Waals surface area contributed by atoms with Crippen LogP contribution in [0.2, 0.25) is 0 Å². The third-order valence-corrected chi connectivity index (χ3v) is 2.09. The van der Waals surface area contributed by atoms with E-state index in [9.17, 15) is 0 Å². The van der Waals surface area contributed by atoms with Crippen molar-refractivity contribution in [1.82, 2.24) is 4.57 Å². The number of nitrogens with zero attached hydrogens (tertiary/aromatic N) is 1.